The average Bonchev–Trinajstić information content (AvgIpc) is 2.68. The second-order valence-corrected chi connectivity index (χ2v) is 6.49. The Hall–Kier alpha value is -1.86. The number of hydrogen-bond donors (Lipinski definition) is 0. The number of halogens is 1. The number of amides is 1. The van der Waals surface area contributed by atoms with E-state index in [1.807, 2.05) is 17.0 Å². The molecule has 0 aliphatic carbocycles. The number of rotatable bonds is 4. The maximum absolute atomic E-state index is 12.9. The monoisotopic (exact) mass is 382 g/mol. The molecule has 0 saturated carbocycles. The smallest absolute Gasteiger partial charge is 0.324 e. The van der Waals surface area contributed by atoms with E-state index in [0.717, 1.165) is 38.0 Å². The van der Waals surface area contributed by atoms with Crippen LogP contribution in [0.15, 0.2) is 24.5 Å². The molecule has 1 atom stereocenters. The first-order valence-electron chi connectivity index (χ1n) is 9.10. The molecule has 2 aliphatic heterocycles. The molecule has 2 saturated heterocycles. The van der Waals surface area contributed by atoms with Crippen molar-refractivity contribution in [3.8, 4) is 0 Å². The van der Waals surface area contributed by atoms with Gasteiger partial charge in [-0.15, -0.1) is 17.5 Å². The molecule has 8 heteroatoms. The summed E-state index contributed by atoms with van der Waals surface area (Å²) in [5.41, 5.74) is 1.14. The van der Waals surface area contributed by atoms with Gasteiger partial charge >= 0.3 is 5.97 Å². The zero-order valence-corrected chi connectivity index (χ0v) is 16.0. The highest BCUT2D eigenvalue weighted by Gasteiger charge is 2.35. The number of hydrogen-bond acceptors (Lipinski definition) is 6. The zero-order valence-electron chi connectivity index (χ0n) is 15.2. The van der Waals surface area contributed by atoms with Gasteiger partial charge in [-0.1, -0.05) is 6.92 Å². The molecule has 2 aliphatic rings. The standard InChI is InChI=1S/C18H26N4O3.ClH/c1-2-17(23)25-22-10-4-3-5-16(22)18(24)21-13-11-20(12-14-21)15-6-8-19-9-7-15;/h6-9,16H,2-5,10-14H2,1H3;1H. The van der Waals surface area contributed by atoms with E-state index in [4.69, 9.17) is 4.84 Å². The third-order valence-electron chi connectivity index (χ3n) is 4.87. The van der Waals surface area contributed by atoms with Crippen LogP contribution in [-0.2, 0) is 14.4 Å². The molecule has 7 nitrogen and oxygen atoms in total. The minimum Gasteiger partial charge on any atom is -0.368 e. The molecule has 1 aromatic rings. The Morgan fingerprint density at radius 2 is 1.81 bits per heavy atom. The van der Waals surface area contributed by atoms with Gasteiger partial charge in [0.2, 0.25) is 5.91 Å². The molecule has 1 unspecified atom stereocenters. The summed E-state index contributed by atoms with van der Waals surface area (Å²) in [5.74, 6) is -0.194. The van der Waals surface area contributed by atoms with Crippen LogP contribution in [0.2, 0.25) is 0 Å². The average molecular weight is 383 g/mol. The van der Waals surface area contributed by atoms with Crippen molar-refractivity contribution in [1.82, 2.24) is 14.9 Å². The fourth-order valence-electron chi connectivity index (χ4n) is 3.41. The van der Waals surface area contributed by atoms with Crippen molar-refractivity contribution in [1.29, 1.82) is 0 Å². The van der Waals surface area contributed by atoms with Crippen molar-refractivity contribution < 1.29 is 14.4 Å². The fourth-order valence-corrected chi connectivity index (χ4v) is 3.41. The summed E-state index contributed by atoms with van der Waals surface area (Å²) >= 11 is 0. The van der Waals surface area contributed by atoms with Gasteiger partial charge in [-0.25, -0.2) is 0 Å². The van der Waals surface area contributed by atoms with E-state index < -0.39 is 0 Å². The Labute approximate surface area is 160 Å². The normalized spacial score (nSPS) is 21.0. The highest BCUT2D eigenvalue weighted by atomic mass is 35.5. The molecule has 3 rings (SSSR count). The lowest BCUT2D eigenvalue weighted by atomic mass is 10.0. The largest absolute Gasteiger partial charge is 0.368 e. The molecule has 2 fully saturated rings. The van der Waals surface area contributed by atoms with Crippen LogP contribution in [0, 0.1) is 0 Å². The lowest BCUT2D eigenvalue weighted by Gasteiger charge is -2.40. The molecule has 3 heterocycles. The first-order chi connectivity index (χ1) is 12.2. The van der Waals surface area contributed by atoms with Gasteiger partial charge in [-0.3, -0.25) is 14.6 Å². The van der Waals surface area contributed by atoms with Gasteiger partial charge in [-0.05, 0) is 31.4 Å². The molecular weight excluding hydrogens is 356 g/mol. The number of carbonyl (C=O) groups is 2. The van der Waals surface area contributed by atoms with Gasteiger partial charge in [0, 0.05) is 57.2 Å². The zero-order chi connectivity index (χ0) is 17.6. The van der Waals surface area contributed by atoms with Crippen LogP contribution in [0.4, 0.5) is 5.69 Å². The van der Waals surface area contributed by atoms with Gasteiger partial charge in [0.05, 0.1) is 0 Å². The minimum absolute atomic E-state index is 0. The molecular formula is C18H27ClN4O3. The van der Waals surface area contributed by atoms with E-state index in [1.54, 1.807) is 24.4 Å². The SMILES string of the molecule is CCC(=O)ON1CCCCC1C(=O)N1CCN(c2ccncc2)CC1.Cl. The summed E-state index contributed by atoms with van der Waals surface area (Å²) in [5, 5.41) is 1.60. The Bertz CT molecular complexity index is 593. The number of piperidine rings is 1. The van der Waals surface area contributed by atoms with Crippen LogP contribution < -0.4 is 4.90 Å². The number of hydroxylamine groups is 2. The predicted octanol–water partition coefficient (Wildman–Crippen LogP) is 1.87. The summed E-state index contributed by atoms with van der Waals surface area (Å²) in [6, 6.07) is 3.64. The summed E-state index contributed by atoms with van der Waals surface area (Å²) < 4.78 is 0. The second kappa shape index (κ2) is 9.73. The highest BCUT2D eigenvalue weighted by Crippen LogP contribution is 2.21. The van der Waals surface area contributed by atoms with E-state index in [-0.39, 0.29) is 30.3 Å². The maximum Gasteiger partial charge on any atom is 0.324 e. The number of anilines is 1. The number of carbonyl (C=O) groups excluding carboxylic acids is 2. The van der Waals surface area contributed by atoms with Crippen LogP contribution in [0.1, 0.15) is 32.6 Å². The minimum atomic E-state index is -0.336. The van der Waals surface area contributed by atoms with Gasteiger partial charge in [-0.2, -0.15) is 0 Å². The topological polar surface area (TPSA) is 66.0 Å². The highest BCUT2D eigenvalue weighted by molar-refractivity contribution is 5.85. The maximum atomic E-state index is 12.9. The first kappa shape index (κ1) is 20.5. The molecule has 0 aromatic carbocycles. The molecule has 0 N–H and O–H groups in total. The Morgan fingerprint density at radius 1 is 1.12 bits per heavy atom. The summed E-state index contributed by atoms with van der Waals surface area (Å²) in [6.07, 6.45) is 6.59. The quantitative estimate of drug-likeness (QED) is 0.792. The number of aromatic nitrogens is 1. The fraction of sp³-hybridized carbons (Fsp3) is 0.611. The van der Waals surface area contributed by atoms with E-state index in [9.17, 15) is 9.59 Å². The number of piperazine rings is 1. The summed E-state index contributed by atoms with van der Waals surface area (Å²) in [6.45, 7) is 5.38. The van der Waals surface area contributed by atoms with Crippen molar-refractivity contribution >= 4 is 30.0 Å². The van der Waals surface area contributed by atoms with Crippen LogP contribution in [0.3, 0.4) is 0 Å². The molecule has 144 valence electrons. The van der Waals surface area contributed by atoms with Crippen LogP contribution in [0.5, 0.6) is 0 Å². The van der Waals surface area contributed by atoms with Gasteiger partial charge in [0.1, 0.15) is 6.04 Å². The first-order valence-corrected chi connectivity index (χ1v) is 9.10. The van der Waals surface area contributed by atoms with Gasteiger partial charge in [0.15, 0.2) is 0 Å². The predicted molar refractivity (Wildman–Crippen MR) is 101 cm³/mol. The van der Waals surface area contributed by atoms with Crippen molar-refractivity contribution in [3.63, 3.8) is 0 Å². The molecule has 1 amide bonds. The molecule has 1 aromatic heterocycles. The van der Waals surface area contributed by atoms with Crippen LogP contribution in [-0.4, -0.2) is 65.6 Å². The van der Waals surface area contributed by atoms with Gasteiger partial charge < -0.3 is 14.6 Å². The van der Waals surface area contributed by atoms with Crippen molar-refractivity contribution in [3.05, 3.63) is 24.5 Å². The number of pyridine rings is 1. The Kier molecular flexibility index (Phi) is 7.66. The van der Waals surface area contributed by atoms with Crippen molar-refractivity contribution in [2.75, 3.05) is 37.6 Å². The van der Waals surface area contributed by atoms with E-state index in [1.165, 1.54) is 0 Å². The Morgan fingerprint density at radius 3 is 2.46 bits per heavy atom. The molecule has 0 spiro atoms. The molecule has 0 radical (unpaired) electrons. The summed E-state index contributed by atoms with van der Waals surface area (Å²) in [7, 11) is 0. The third-order valence-corrected chi connectivity index (χ3v) is 4.87. The van der Waals surface area contributed by atoms with E-state index in [0.29, 0.717) is 26.1 Å². The molecule has 26 heavy (non-hydrogen) atoms. The van der Waals surface area contributed by atoms with Gasteiger partial charge in [0.25, 0.3) is 0 Å². The van der Waals surface area contributed by atoms with Crippen LogP contribution in [0.25, 0.3) is 0 Å². The Balaban J connectivity index is 0.00000243. The van der Waals surface area contributed by atoms with E-state index in [2.05, 4.69) is 9.88 Å². The van der Waals surface area contributed by atoms with E-state index >= 15 is 0 Å². The lowest BCUT2D eigenvalue weighted by Crippen LogP contribution is -2.56. The van der Waals surface area contributed by atoms with Crippen molar-refractivity contribution in [2.24, 2.45) is 0 Å². The summed E-state index contributed by atoms with van der Waals surface area (Å²) in [4.78, 5) is 38.2. The van der Waals surface area contributed by atoms with Crippen LogP contribution >= 0.6 is 12.4 Å². The number of nitrogens with zero attached hydrogens (tertiary/aromatic N) is 4. The lowest BCUT2D eigenvalue weighted by molar-refractivity contribution is -0.210. The van der Waals surface area contributed by atoms with Crippen molar-refractivity contribution in [2.45, 2.75) is 38.6 Å². The second-order valence-electron chi connectivity index (χ2n) is 6.49. The third kappa shape index (κ3) is 4.86. The molecule has 0 bridgehead atoms.